The number of hydrogen-bond donors (Lipinski definition) is 2. The Labute approximate surface area is 214 Å². The molecule has 2 N–H and O–H groups in total. The van der Waals surface area contributed by atoms with Crippen LogP contribution in [0.25, 0.3) is 0 Å². The molecule has 1 aliphatic heterocycles. The van der Waals surface area contributed by atoms with Crippen molar-refractivity contribution in [2.24, 2.45) is 23.7 Å². The van der Waals surface area contributed by atoms with Gasteiger partial charge in [-0.2, -0.15) is 0 Å². The molecular weight excluding hydrogens is 456 g/mol. The third kappa shape index (κ3) is 5.36. The number of hydrogen-bond acceptors (Lipinski definition) is 5. The number of benzene rings is 1. The lowest BCUT2D eigenvalue weighted by molar-refractivity contribution is -0.156. The highest BCUT2D eigenvalue weighted by Crippen LogP contribution is 2.46. The second-order valence-electron chi connectivity index (χ2n) is 10.4. The number of aliphatic hydroxyl groups is 1. The van der Waals surface area contributed by atoms with Crippen molar-refractivity contribution < 1.29 is 24.2 Å². The SMILES string of the molecule is CCOC(=O)[C@H]1[C@@H]2C(=O)N([C@@H](CO)Cc3ccccc3)[C@H](C(=O)NC3CCCCC3)[C@H]2C=C[C@H]1CC. The van der Waals surface area contributed by atoms with Crippen LogP contribution in [0.1, 0.15) is 57.9 Å². The summed E-state index contributed by atoms with van der Waals surface area (Å²) in [4.78, 5) is 42.6. The Morgan fingerprint density at radius 1 is 1.11 bits per heavy atom. The molecule has 196 valence electrons. The summed E-state index contributed by atoms with van der Waals surface area (Å²) in [7, 11) is 0. The van der Waals surface area contributed by atoms with E-state index in [9.17, 15) is 19.5 Å². The van der Waals surface area contributed by atoms with Gasteiger partial charge in [0.05, 0.1) is 31.1 Å². The summed E-state index contributed by atoms with van der Waals surface area (Å²) in [6, 6.07) is 8.46. The van der Waals surface area contributed by atoms with Crippen LogP contribution in [0.15, 0.2) is 42.5 Å². The minimum Gasteiger partial charge on any atom is -0.466 e. The first-order chi connectivity index (χ1) is 17.5. The molecule has 0 radical (unpaired) electrons. The molecule has 1 heterocycles. The quantitative estimate of drug-likeness (QED) is 0.404. The smallest absolute Gasteiger partial charge is 0.310 e. The van der Waals surface area contributed by atoms with Crippen molar-refractivity contribution in [1.29, 1.82) is 0 Å². The van der Waals surface area contributed by atoms with E-state index in [1.54, 1.807) is 11.8 Å². The molecule has 4 rings (SSSR count). The fraction of sp³-hybridized carbons (Fsp3) is 0.621. The molecule has 7 heteroatoms. The number of ether oxygens (including phenoxy) is 1. The number of rotatable bonds is 9. The highest BCUT2D eigenvalue weighted by atomic mass is 16.5. The van der Waals surface area contributed by atoms with Gasteiger partial charge in [-0.25, -0.2) is 0 Å². The number of amides is 2. The van der Waals surface area contributed by atoms with Gasteiger partial charge in [0.2, 0.25) is 11.8 Å². The molecule has 0 bridgehead atoms. The molecule has 36 heavy (non-hydrogen) atoms. The zero-order chi connectivity index (χ0) is 25.7. The van der Waals surface area contributed by atoms with E-state index >= 15 is 0 Å². The van der Waals surface area contributed by atoms with Gasteiger partial charge in [0.25, 0.3) is 0 Å². The van der Waals surface area contributed by atoms with Gasteiger partial charge < -0.3 is 20.1 Å². The van der Waals surface area contributed by atoms with Gasteiger partial charge in [-0.3, -0.25) is 14.4 Å². The number of fused-ring (bicyclic) bond motifs is 1. The van der Waals surface area contributed by atoms with Crippen molar-refractivity contribution in [2.75, 3.05) is 13.2 Å². The zero-order valence-electron chi connectivity index (χ0n) is 21.5. The second kappa shape index (κ2) is 12.0. The van der Waals surface area contributed by atoms with Crippen LogP contribution in [0.5, 0.6) is 0 Å². The van der Waals surface area contributed by atoms with Crippen LogP contribution < -0.4 is 5.32 Å². The molecule has 3 aliphatic rings. The summed E-state index contributed by atoms with van der Waals surface area (Å²) >= 11 is 0. The van der Waals surface area contributed by atoms with E-state index in [-0.39, 0.29) is 43.0 Å². The van der Waals surface area contributed by atoms with Gasteiger partial charge in [0.15, 0.2) is 0 Å². The van der Waals surface area contributed by atoms with Crippen LogP contribution >= 0.6 is 0 Å². The first-order valence-electron chi connectivity index (χ1n) is 13.6. The highest BCUT2D eigenvalue weighted by molar-refractivity contribution is 5.96. The lowest BCUT2D eigenvalue weighted by atomic mass is 9.69. The topological polar surface area (TPSA) is 95.9 Å². The Hall–Kier alpha value is -2.67. The molecule has 1 saturated heterocycles. The number of nitrogens with one attached hydrogen (secondary N) is 1. The van der Waals surface area contributed by atoms with Gasteiger partial charge in [0, 0.05) is 12.0 Å². The van der Waals surface area contributed by atoms with Crippen molar-refractivity contribution >= 4 is 17.8 Å². The monoisotopic (exact) mass is 496 g/mol. The zero-order valence-corrected chi connectivity index (χ0v) is 21.5. The van der Waals surface area contributed by atoms with Crippen LogP contribution in [-0.2, 0) is 25.5 Å². The maximum Gasteiger partial charge on any atom is 0.310 e. The number of carbonyl (C=O) groups excluding carboxylic acids is 3. The molecular formula is C29H40N2O5. The Morgan fingerprint density at radius 3 is 2.47 bits per heavy atom. The average molecular weight is 497 g/mol. The third-order valence-corrected chi connectivity index (χ3v) is 8.22. The van der Waals surface area contributed by atoms with Crippen molar-refractivity contribution in [3.05, 3.63) is 48.0 Å². The molecule has 1 aromatic carbocycles. The molecule has 1 aromatic rings. The Kier molecular flexibility index (Phi) is 8.83. The predicted octanol–water partition coefficient (Wildman–Crippen LogP) is 3.26. The normalized spacial score (nSPS) is 29.0. The second-order valence-corrected chi connectivity index (χ2v) is 10.4. The third-order valence-electron chi connectivity index (χ3n) is 8.22. The minimum atomic E-state index is -0.767. The van der Waals surface area contributed by atoms with Crippen LogP contribution in [0.3, 0.4) is 0 Å². The highest BCUT2D eigenvalue weighted by Gasteiger charge is 2.58. The fourth-order valence-corrected chi connectivity index (χ4v) is 6.46. The molecule has 1 saturated carbocycles. The predicted molar refractivity (Wildman–Crippen MR) is 137 cm³/mol. The summed E-state index contributed by atoms with van der Waals surface area (Å²) in [6.07, 6.45) is 10.3. The number of aliphatic hydroxyl groups excluding tert-OH is 1. The summed E-state index contributed by atoms with van der Waals surface area (Å²) < 4.78 is 5.41. The van der Waals surface area contributed by atoms with Crippen LogP contribution in [0.4, 0.5) is 0 Å². The Balaban J connectivity index is 1.70. The number of likely N-dealkylation sites (tertiary alicyclic amines) is 1. The fourth-order valence-electron chi connectivity index (χ4n) is 6.46. The Bertz CT molecular complexity index is 942. The van der Waals surface area contributed by atoms with Crippen molar-refractivity contribution in [3.8, 4) is 0 Å². The van der Waals surface area contributed by atoms with Gasteiger partial charge >= 0.3 is 5.97 Å². The lowest BCUT2D eigenvalue weighted by Gasteiger charge is -2.35. The molecule has 0 unspecified atom stereocenters. The van der Waals surface area contributed by atoms with Crippen molar-refractivity contribution in [3.63, 3.8) is 0 Å². The number of nitrogens with zero attached hydrogens (tertiary/aromatic N) is 1. The summed E-state index contributed by atoms with van der Waals surface area (Å²) in [5, 5.41) is 13.7. The lowest BCUT2D eigenvalue weighted by Crippen LogP contribution is -2.54. The van der Waals surface area contributed by atoms with Crippen molar-refractivity contribution in [1.82, 2.24) is 10.2 Å². The minimum absolute atomic E-state index is 0.0979. The maximum atomic E-state index is 14.1. The molecule has 2 fully saturated rings. The van der Waals surface area contributed by atoms with Crippen molar-refractivity contribution in [2.45, 2.75) is 76.9 Å². The molecule has 2 amide bonds. The van der Waals surface area contributed by atoms with E-state index in [4.69, 9.17) is 4.74 Å². The number of carbonyl (C=O) groups is 3. The first-order valence-corrected chi connectivity index (χ1v) is 13.6. The van der Waals surface area contributed by atoms with E-state index in [1.165, 1.54) is 6.42 Å². The summed E-state index contributed by atoms with van der Waals surface area (Å²) in [5.41, 5.74) is 0.981. The average Bonchev–Trinajstić information content (AvgIpc) is 3.20. The van der Waals surface area contributed by atoms with E-state index in [1.807, 2.05) is 49.4 Å². The standard InChI is InChI=1S/C29H40N2O5/c1-3-20-15-16-23-25(24(20)29(35)36-4-2)28(34)31(22(18-32)17-19-11-7-5-8-12-19)26(23)27(33)30-21-13-9-6-10-14-21/h5,7-8,11-12,15-16,20-26,32H,3-4,6,9-10,13-14,17-18H2,1-2H3,(H,30,33)/t20-,22-,23+,24-,25-,26+/m1/s1. The van der Waals surface area contributed by atoms with Gasteiger partial charge in [-0.15, -0.1) is 0 Å². The van der Waals surface area contributed by atoms with Gasteiger partial charge in [-0.1, -0.05) is 68.7 Å². The van der Waals surface area contributed by atoms with Crippen LogP contribution in [-0.4, -0.2) is 59.1 Å². The van der Waals surface area contributed by atoms with E-state index in [0.29, 0.717) is 12.8 Å². The van der Waals surface area contributed by atoms with Gasteiger partial charge in [0.1, 0.15) is 6.04 Å². The number of esters is 1. The Morgan fingerprint density at radius 2 is 1.83 bits per heavy atom. The molecule has 0 spiro atoms. The van der Waals surface area contributed by atoms with E-state index in [0.717, 1.165) is 31.2 Å². The van der Waals surface area contributed by atoms with Crippen LogP contribution in [0.2, 0.25) is 0 Å². The van der Waals surface area contributed by atoms with E-state index in [2.05, 4.69) is 5.32 Å². The first kappa shape index (κ1) is 26.4. The van der Waals surface area contributed by atoms with Crippen LogP contribution in [0, 0.1) is 23.7 Å². The number of allylic oxidation sites excluding steroid dienone is 1. The molecule has 6 atom stereocenters. The molecule has 7 nitrogen and oxygen atoms in total. The largest absolute Gasteiger partial charge is 0.466 e. The molecule has 2 aliphatic carbocycles. The van der Waals surface area contributed by atoms with Gasteiger partial charge in [-0.05, 0) is 44.1 Å². The summed E-state index contributed by atoms with van der Waals surface area (Å²) in [5.74, 6) is -2.68. The van der Waals surface area contributed by atoms with E-state index < -0.39 is 29.8 Å². The molecule has 0 aromatic heterocycles. The maximum absolute atomic E-state index is 14.1. The summed E-state index contributed by atoms with van der Waals surface area (Å²) in [6.45, 7) is 3.74.